The van der Waals surface area contributed by atoms with E-state index in [-0.39, 0.29) is 10.6 Å². The van der Waals surface area contributed by atoms with Crippen molar-refractivity contribution in [3.8, 4) is 0 Å². The lowest BCUT2D eigenvalue weighted by Gasteiger charge is -2.27. The van der Waals surface area contributed by atoms with E-state index in [1.165, 1.54) is 5.56 Å². The summed E-state index contributed by atoms with van der Waals surface area (Å²) >= 11 is 3.82. The SMILES string of the molecule is Fc1ccc(C(Br)C2CCOCC2)c2ccccc12. The smallest absolute Gasteiger partial charge is 0.131 e. The van der Waals surface area contributed by atoms with Gasteiger partial charge in [0.2, 0.25) is 0 Å². The zero-order valence-electron chi connectivity index (χ0n) is 10.6. The van der Waals surface area contributed by atoms with E-state index in [9.17, 15) is 4.39 Å². The summed E-state index contributed by atoms with van der Waals surface area (Å²) < 4.78 is 19.2. The van der Waals surface area contributed by atoms with Gasteiger partial charge in [-0.15, -0.1) is 0 Å². The number of hydrogen-bond acceptors (Lipinski definition) is 1. The van der Waals surface area contributed by atoms with Gasteiger partial charge in [0.25, 0.3) is 0 Å². The van der Waals surface area contributed by atoms with Crippen LogP contribution in [0.2, 0.25) is 0 Å². The summed E-state index contributed by atoms with van der Waals surface area (Å²) in [6.45, 7) is 1.65. The number of benzene rings is 2. The quantitative estimate of drug-likeness (QED) is 0.719. The van der Waals surface area contributed by atoms with Crippen LogP contribution < -0.4 is 0 Å². The summed E-state index contributed by atoms with van der Waals surface area (Å²) in [5, 5.41) is 1.72. The molecule has 2 aromatic carbocycles. The summed E-state index contributed by atoms with van der Waals surface area (Å²) in [6.07, 6.45) is 2.11. The first-order valence-corrected chi connectivity index (χ1v) is 7.58. The molecule has 0 aromatic heterocycles. The fourth-order valence-electron chi connectivity index (χ4n) is 2.79. The molecule has 0 saturated carbocycles. The second-order valence-corrected chi connectivity index (χ2v) is 6.02. The summed E-state index contributed by atoms with van der Waals surface area (Å²) in [4.78, 5) is 0.266. The Hall–Kier alpha value is -0.930. The molecule has 0 N–H and O–H groups in total. The van der Waals surface area contributed by atoms with Crippen molar-refractivity contribution in [2.45, 2.75) is 17.7 Å². The minimum atomic E-state index is -0.147. The molecule has 1 atom stereocenters. The second kappa shape index (κ2) is 5.59. The Morgan fingerprint density at radius 3 is 2.47 bits per heavy atom. The molecular weight excluding hydrogens is 307 g/mol. The highest BCUT2D eigenvalue weighted by Gasteiger charge is 2.24. The van der Waals surface area contributed by atoms with E-state index in [0.29, 0.717) is 11.3 Å². The average Bonchev–Trinajstić information content (AvgIpc) is 2.48. The molecule has 0 aliphatic carbocycles. The molecular formula is C16H16BrFO. The Kier molecular flexibility index (Phi) is 3.85. The van der Waals surface area contributed by atoms with Crippen LogP contribution in [0.1, 0.15) is 23.2 Å². The summed E-state index contributed by atoms with van der Waals surface area (Å²) in [5.41, 5.74) is 1.18. The number of ether oxygens (including phenoxy) is 1. The summed E-state index contributed by atoms with van der Waals surface area (Å²) in [6, 6.07) is 11.2. The van der Waals surface area contributed by atoms with Gasteiger partial charge in [-0.1, -0.05) is 46.3 Å². The van der Waals surface area contributed by atoms with Crippen molar-refractivity contribution in [3.05, 3.63) is 47.8 Å². The van der Waals surface area contributed by atoms with Crippen molar-refractivity contribution in [3.63, 3.8) is 0 Å². The molecule has 1 heterocycles. The largest absolute Gasteiger partial charge is 0.381 e. The third-order valence-corrected chi connectivity index (χ3v) is 5.12. The van der Waals surface area contributed by atoms with Crippen molar-refractivity contribution < 1.29 is 9.13 Å². The Labute approximate surface area is 120 Å². The Morgan fingerprint density at radius 2 is 1.74 bits per heavy atom. The van der Waals surface area contributed by atoms with Crippen LogP contribution in [0, 0.1) is 11.7 Å². The highest BCUT2D eigenvalue weighted by Crippen LogP contribution is 2.40. The van der Waals surface area contributed by atoms with Gasteiger partial charge in [0.15, 0.2) is 0 Å². The van der Waals surface area contributed by atoms with Gasteiger partial charge in [-0.2, -0.15) is 0 Å². The van der Waals surface area contributed by atoms with Crippen LogP contribution in [-0.4, -0.2) is 13.2 Å². The lowest BCUT2D eigenvalue weighted by Crippen LogP contribution is -2.19. The summed E-state index contributed by atoms with van der Waals surface area (Å²) in [7, 11) is 0. The fraction of sp³-hybridized carbons (Fsp3) is 0.375. The van der Waals surface area contributed by atoms with Crippen LogP contribution in [0.5, 0.6) is 0 Å². The minimum Gasteiger partial charge on any atom is -0.381 e. The Balaban J connectivity index is 2.02. The van der Waals surface area contributed by atoms with E-state index in [0.717, 1.165) is 31.4 Å². The van der Waals surface area contributed by atoms with Gasteiger partial charge in [0, 0.05) is 23.4 Å². The topological polar surface area (TPSA) is 9.23 Å². The molecule has 19 heavy (non-hydrogen) atoms. The molecule has 1 saturated heterocycles. The van der Waals surface area contributed by atoms with Crippen LogP contribution in [0.3, 0.4) is 0 Å². The standard InChI is InChI=1S/C16H16BrFO/c17-16(11-7-9-19-10-8-11)14-5-6-15(18)13-4-2-1-3-12(13)14/h1-6,11,16H,7-10H2. The number of alkyl halides is 1. The van der Waals surface area contributed by atoms with Gasteiger partial charge >= 0.3 is 0 Å². The molecule has 1 nitrogen and oxygen atoms in total. The molecule has 0 spiro atoms. The minimum absolute atomic E-state index is 0.147. The van der Waals surface area contributed by atoms with Crippen LogP contribution >= 0.6 is 15.9 Å². The Morgan fingerprint density at radius 1 is 1.05 bits per heavy atom. The van der Waals surface area contributed by atoms with Gasteiger partial charge in [-0.05, 0) is 35.8 Å². The van der Waals surface area contributed by atoms with E-state index in [1.807, 2.05) is 30.3 Å². The maximum Gasteiger partial charge on any atom is 0.131 e. The van der Waals surface area contributed by atoms with Gasteiger partial charge in [0.1, 0.15) is 5.82 Å². The molecule has 3 rings (SSSR count). The molecule has 100 valence electrons. The van der Waals surface area contributed by atoms with Crippen molar-refractivity contribution in [2.24, 2.45) is 5.92 Å². The van der Waals surface area contributed by atoms with Gasteiger partial charge in [-0.3, -0.25) is 0 Å². The van der Waals surface area contributed by atoms with Crippen molar-refractivity contribution in [1.29, 1.82) is 0 Å². The van der Waals surface area contributed by atoms with Crippen molar-refractivity contribution >= 4 is 26.7 Å². The maximum absolute atomic E-state index is 13.8. The molecule has 0 radical (unpaired) electrons. The van der Waals surface area contributed by atoms with E-state index in [4.69, 9.17) is 4.74 Å². The molecule has 2 aromatic rings. The number of rotatable bonds is 2. The van der Waals surface area contributed by atoms with Gasteiger partial charge in [0.05, 0.1) is 0 Å². The maximum atomic E-state index is 13.8. The highest BCUT2D eigenvalue weighted by molar-refractivity contribution is 9.09. The Bertz CT molecular complexity index is 578. The van der Waals surface area contributed by atoms with Crippen molar-refractivity contribution in [1.82, 2.24) is 0 Å². The van der Waals surface area contributed by atoms with Crippen molar-refractivity contribution in [2.75, 3.05) is 13.2 Å². The molecule has 1 aliphatic rings. The third kappa shape index (κ3) is 2.54. The summed E-state index contributed by atoms with van der Waals surface area (Å²) in [5.74, 6) is 0.411. The second-order valence-electron chi connectivity index (χ2n) is 5.03. The monoisotopic (exact) mass is 322 g/mol. The van der Waals surface area contributed by atoms with Crippen LogP contribution in [0.4, 0.5) is 4.39 Å². The zero-order valence-corrected chi connectivity index (χ0v) is 12.2. The van der Waals surface area contributed by atoms with Crippen LogP contribution in [0.15, 0.2) is 36.4 Å². The molecule has 1 unspecified atom stereocenters. The van der Waals surface area contributed by atoms with E-state index < -0.39 is 0 Å². The predicted molar refractivity (Wildman–Crippen MR) is 79.1 cm³/mol. The molecule has 3 heteroatoms. The fourth-order valence-corrected chi connectivity index (χ4v) is 3.72. The number of hydrogen-bond donors (Lipinski definition) is 0. The lowest BCUT2D eigenvalue weighted by atomic mass is 9.90. The van der Waals surface area contributed by atoms with Crippen LogP contribution in [-0.2, 0) is 4.74 Å². The molecule has 1 fully saturated rings. The van der Waals surface area contributed by atoms with Crippen LogP contribution in [0.25, 0.3) is 10.8 Å². The molecule has 1 aliphatic heterocycles. The predicted octanol–water partition coefficient (Wildman–Crippen LogP) is 4.84. The van der Waals surface area contributed by atoms with Gasteiger partial charge in [-0.25, -0.2) is 4.39 Å². The average molecular weight is 323 g/mol. The highest BCUT2D eigenvalue weighted by atomic mass is 79.9. The third-order valence-electron chi connectivity index (χ3n) is 3.88. The van der Waals surface area contributed by atoms with E-state index in [2.05, 4.69) is 15.9 Å². The van der Waals surface area contributed by atoms with Gasteiger partial charge < -0.3 is 4.74 Å². The first-order valence-electron chi connectivity index (χ1n) is 6.66. The molecule has 0 bridgehead atoms. The zero-order chi connectivity index (χ0) is 13.2. The first kappa shape index (κ1) is 13.1. The van der Waals surface area contributed by atoms with E-state index in [1.54, 1.807) is 6.07 Å². The number of halogens is 2. The first-order chi connectivity index (χ1) is 9.27. The normalized spacial score (nSPS) is 18.6. The molecule has 0 amide bonds. The van der Waals surface area contributed by atoms with E-state index >= 15 is 0 Å². The number of fused-ring (bicyclic) bond motifs is 1. The lowest BCUT2D eigenvalue weighted by molar-refractivity contribution is 0.0663.